The van der Waals surface area contributed by atoms with Crippen LogP contribution >= 0.6 is 0 Å². The van der Waals surface area contributed by atoms with Crippen LogP contribution in [0.3, 0.4) is 0 Å². The molecular weight excluding hydrogens is 220 g/mol. The molecule has 1 rings (SSSR count). The van der Waals surface area contributed by atoms with Gasteiger partial charge in [-0.05, 0) is 30.7 Å². The van der Waals surface area contributed by atoms with Gasteiger partial charge in [0.05, 0.1) is 12.7 Å². The van der Waals surface area contributed by atoms with Gasteiger partial charge in [0.25, 0.3) is 0 Å². The van der Waals surface area contributed by atoms with Gasteiger partial charge < -0.3 is 20.8 Å². The largest absolute Gasteiger partial charge is 0.394 e. The first-order valence-electron chi connectivity index (χ1n) is 5.44. The van der Waals surface area contributed by atoms with E-state index in [-0.39, 0.29) is 19.1 Å². The monoisotopic (exact) mass is 238 g/mol. The Labute approximate surface area is 100 Å². The SMILES string of the molecule is CC(=O)Nc1ccc(NCC(O)CO)cc1C. The summed E-state index contributed by atoms with van der Waals surface area (Å²) in [6, 6.07) is 5.47. The molecule has 0 radical (unpaired) electrons. The fourth-order valence-corrected chi connectivity index (χ4v) is 1.40. The molecule has 1 aromatic carbocycles. The van der Waals surface area contributed by atoms with Crippen molar-refractivity contribution < 1.29 is 15.0 Å². The van der Waals surface area contributed by atoms with Gasteiger partial charge >= 0.3 is 0 Å². The van der Waals surface area contributed by atoms with Crippen molar-refractivity contribution in [3.63, 3.8) is 0 Å². The van der Waals surface area contributed by atoms with E-state index in [1.54, 1.807) is 6.07 Å². The van der Waals surface area contributed by atoms with E-state index in [0.717, 1.165) is 16.9 Å². The number of hydrogen-bond donors (Lipinski definition) is 4. The average Bonchev–Trinajstić information content (AvgIpc) is 2.28. The lowest BCUT2D eigenvalue weighted by Crippen LogP contribution is -2.22. The molecule has 0 aliphatic carbocycles. The van der Waals surface area contributed by atoms with Gasteiger partial charge in [-0.2, -0.15) is 0 Å². The van der Waals surface area contributed by atoms with Crippen molar-refractivity contribution in [2.45, 2.75) is 20.0 Å². The molecule has 0 bridgehead atoms. The molecule has 94 valence electrons. The van der Waals surface area contributed by atoms with Crippen LogP contribution in [0.4, 0.5) is 11.4 Å². The average molecular weight is 238 g/mol. The molecule has 0 aliphatic heterocycles. The van der Waals surface area contributed by atoms with Crippen molar-refractivity contribution in [3.05, 3.63) is 23.8 Å². The molecule has 0 saturated heterocycles. The first-order chi connectivity index (χ1) is 8.02. The second-order valence-corrected chi connectivity index (χ2v) is 3.93. The molecule has 4 N–H and O–H groups in total. The number of hydrogen-bond acceptors (Lipinski definition) is 4. The summed E-state index contributed by atoms with van der Waals surface area (Å²) in [6.45, 7) is 3.37. The van der Waals surface area contributed by atoms with Crippen LogP contribution in [0.25, 0.3) is 0 Å². The Morgan fingerprint density at radius 2 is 2.18 bits per heavy atom. The zero-order valence-electron chi connectivity index (χ0n) is 10.0. The molecule has 0 saturated carbocycles. The van der Waals surface area contributed by atoms with Gasteiger partial charge in [-0.15, -0.1) is 0 Å². The second-order valence-electron chi connectivity index (χ2n) is 3.93. The molecule has 1 atom stereocenters. The zero-order valence-corrected chi connectivity index (χ0v) is 10.0. The van der Waals surface area contributed by atoms with Gasteiger partial charge in [-0.3, -0.25) is 4.79 Å². The van der Waals surface area contributed by atoms with Crippen molar-refractivity contribution in [3.8, 4) is 0 Å². The Morgan fingerprint density at radius 1 is 1.47 bits per heavy atom. The highest BCUT2D eigenvalue weighted by atomic mass is 16.3. The number of benzene rings is 1. The number of rotatable bonds is 5. The maximum absolute atomic E-state index is 10.9. The number of aliphatic hydroxyl groups is 2. The van der Waals surface area contributed by atoms with Crippen molar-refractivity contribution >= 4 is 17.3 Å². The Bertz CT molecular complexity index is 393. The van der Waals surface area contributed by atoms with E-state index >= 15 is 0 Å². The molecule has 17 heavy (non-hydrogen) atoms. The van der Waals surface area contributed by atoms with E-state index < -0.39 is 6.10 Å². The van der Waals surface area contributed by atoms with Gasteiger partial charge in [0.2, 0.25) is 5.91 Å². The van der Waals surface area contributed by atoms with Crippen LogP contribution in [0, 0.1) is 6.92 Å². The number of nitrogens with one attached hydrogen (secondary N) is 2. The summed E-state index contributed by atoms with van der Waals surface area (Å²) in [4.78, 5) is 10.9. The molecule has 1 unspecified atom stereocenters. The summed E-state index contributed by atoms with van der Waals surface area (Å²) in [5.74, 6) is -0.107. The lowest BCUT2D eigenvalue weighted by Gasteiger charge is -2.12. The van der Waals surface area contributed by atoms with E-state index in [9.17, 15) is 9.90 Å². The maximum atomic E-state index is 10.9. The summed E-state index contributed by atoms with van der Waals surface area (Å²) in [5, 5.41) is 23.6. The smallest absolute Gasteiger partial charge is 0.221 e. The van der Waals surface area contributed by atoms with Crippen molar-refractivity contribution in [2.75, 3.05) is 23.8 Å². The third-order valence-electron chi connectivity index (χ3n) is 2.29. The summed E-state index contributed by atoms with van der Waals surface area (Å²) < 4.78 is 0. The highest BCUT2D eigenvalue weighted by Crippen LogP contribution is 2.19. The fraction of sp³-hybridized carbons (Fsp3) is 0.417. The van der Waals surface area contributed by atoms with Crippen LogP contribution in [0.1, 0.15) is 12.5 Å². The summed E-state index contributed by atoms with van der Waals surface area (Å²) in [7, 11) is 0. The minimum atomic E-state index is -0.773. The third-order valence-corrected chi connectivity index (χ3v) is 2.29. The van der Waals surface area contributed by atoms with Gasteiger partial charge in [0.1, 0.15) is 0 Å². The Hall–Kier alpha value is -1.59. The topological polar surface area (TPSA) is 81.6 Å². The molecule has 5 nitrogen and oxygen atoms in total. The Morgan fingerprint density at radius 3 is 2.71 bits per heavy atom. The number of carbonyl (C=O) groups is 1. The molecule has 0 aromatic heterocycles. The van der Waals surface area contributed by atoms with E-state index in [1.165, 1.54) is 6.92 Å². The van der Waals surface area contributed by atoms with Crippen LogP contribution in [-0.2, 0) is 4.79 Å². The predicted octanol–water partition coefficient (Wildman–Crippen LogP) is 0.719. The van der Waals surface area contributed by atoms with Gasteiger partial charge in [0.15, 0.2) is 0 Å². The first-order valence-corrected chi connectivity index (χ1v) is 5.44. The molecule has 0 heterocycles. The highest BCUT2D eigenvalue weighted by molar-refractivity contribution is 5.89. The molecule has 0 spiro atoms. The number of anilines is 2. The van der Waals surface area contributed by atoms with Crippen LogP contribution in [0.2, 0.25) is 0 Å². The van der Waals surface area contributed by atoms with Crippen LogP contribution in [0.5, 0.6) is 0 Å². The molecule has 0 aliphatic rings. The molecule has 5 heteroatoms. The minimum absolute atomic E-state index is 0.107. The van der Waals surface area contributed by atoms with Gasteiger partial charge in [0, 0.05) is 24.8 Å². The second kappa shape index (κ2) is 6.22. The van der Waals surface area contributed by atoms with Gasteiger partial charge in [-0.25, -0.2) is 0 Å². The third kappa shape index (κ3) is 4.42. The quantitative estimate of drug-likeness (QED) is 0.609. The minimum Gasteiger partial charge on any atom is -0.394 e. The molecule has 1 amide bonds. The summed E-state index contributed by atoms with van der Waals surface area (Å²) >= 11 is 0. The van der Waals surface area contributed by atoms with Crippen LogP contribution in [0.15, 0.2) is 18.2 Å². The van der Waals surface area contributed by atoms with Crippen LogP contribution in [-0.4, -0.2) is 35.4 Å². The van der Waals surface area contributed by atoms with E-state index in [4.69, 9.17) is 5.11 Å². The van der Waals surface area contributed by atoms with Crippen molar-refractivity contribution in [1.29, 1.82) is 0 Å². The van der Waals surface area contributed by atoms with Crippen molar-refractivity contribution in [1.82, 2.24) is 0 Å². The fourth-order valence-electron chi connectivity index (χ4n) is 1.40. The number of carbonyl (C=O) groups excluding carboxylic acids is 1. The number of aryl methyl sites for hydroxylation is 1. The van der Waals surface area contributed by atoms with Crippen LogP contribution < -0.4 is 10.6 Å². The first kappa shape index (κ1) is 13.5. The Kier molecular flexibility index (Phi) is 4.93. The van der Waals surface area contributed by atoms with Gasteiger partial charge in [-0.1, -0.05) is 0 Å². The lowest BCUT2D eigenvalue weighted by atomic mass is 10.1. The highest BCUT2D eigenvalue weighted by Gasteiger charge is 2.04. The molecule has 1 aromatic rings. The standard InChI is InChI=1S/C12H18N2O3/c1-8-5-10(13-6-11(17)7-15)3-4-12(8)14-9(2)16/h3-5,11,13,15,17H,6-7H2,1-2H3,(H,14,16). The Balaban J connectivity index is 2.65. The molecular formula is C12H18N2O3. The lowest BCUT2D eigenvalue weighted by molar-refractivity contribution is -0.114. The predicted molar refractivity (Wildman–Crippen MR) is 67.1 cm³/mol. The normalized spacial score (nSPS) is 12.0. The maximum Gasteiger partial charge on any atom is 0.221 e. The van der Waals surface area contributed by atoms with E-state index in [1.807, 2.05) is 19.1 Å². The summed E-state index contributed by atoms with van der Waals surface area (Å²) in [5.41, 5.74) is 2.54. The summed E-state index contributed by atoms with van der Waals surface area (Å²) in [6.07, 6.45) is -0.773. The van der Waals surface area contributed by atoms with E-state index in [2.05, 4.69) is 10.6 Å². The van der Waals surface area contributed by atoms with Crippen molar-refractivity contribution in [2.24, 2.45) is 0 Å². The number of amides is 1. The zero-order chi connectivity index (χ0) is 12.8. The molecule has 0 fully saturated rings. The van der Waals surface area contributed by atoms with E-state index in [0.29, 0.717) is 0 Å². The number of aliphatic hydroxyl groups excluding tert-OH is 2.